The number of amides is 4. The van der Waals surface area contributed by atoms with E-state index in [0.717, 1.165) is 4.90 Å². The average molecular weight is 443 g/mol. The van der Waals surface area contributed by atoms with Gasteiger partial charge in [-0.3, -0.25) is 29.4 Å². The van der Waals surface area contributed by atoms with Crippen LogP contribution in [0.25, 0.3) is 0 Å². The van der Waals surface area contributed by atoms with E-state index in [1.165, 1.54) is 12.1 Å². The van der Waals surface area contributed by atoms with E-state index >= 15 is 0 Å². The zero-order valence-electron chi connectivity index (χ0n) is 17.7. The molecule has 3 aliphatic heterocycles. The minimum Gasteiger partial charge on any atom is -0.439 e. The molecule has 0 spiro atoms. The van der Waals surface area contributed by atoms with E-state index in [1.54, 1.807) is 32.9 Å². The van der Waals surface area contributed by atoms with E-state index in [2.05, 4.69) is 5.32 Å². The van der Waals surface area contributed by atoms with Crippen LogP contribution in [0, 0.1) is 0 Å². The number of epoxide rings is 1. The SMILES string of the molecule is CC(C)(C)NC1(C(=O)OCN2C(=O)CCC(N3C(=O)c4ccccc4C3=O)C2=O)OC1=O. The lowest BCUT2D eigenvalue weighted by Crippen LogP contribution is -2.57. The van der Waals surface area contributed by atoms with Crippen LogP contribution in [0.4, 0.5) is 0 Å². The van der Waals surface area contributed by atoms with Crippen LogP contribution in [0.1, 0.15) is 54.3 Å². The standard InChI is InChI=1S/C21H21N3O8/c1-20(2,3)22-21(19(30)32-21)18(29)31-10-23-14(25)9-8-13(17(23)28)24-15(26)11-6-4-5-7-12(11)16(24)27/h4-7,13,22H,8-10H2,1-3H3. The van der Waals surface area contributed by atoms with Crippen LogP contribution in [-0.4, -0.2) is 69.4 Å². The predicted molar refractivity (Wildman–Crippen MR) is 104 cm³/mol. The Balaban J connectivity index is 1.48. The van der Waals surface area contributed by atoms with Gasteiger partial charge in [-0.15, -0.1) is 0 Å². The van der Waals surface area contributed by atoms with Crippen LogP contribution in [0.15, 0.2) is 24.3 Å². The lowest BCUT2D eigenvalue weighted by molar-refractivity contribution is -0.167. The molecule has 11 heteroatoms. The highest BCUT2D eigenvalue weighted by Crippen LogP contribution is 2.31. The molecule has 4 rings (SSSR count). The third kappa shape index (κ3) is 3.44. The second kappa shape index (κ2) is 7.23. The highest BCUT2D eigenvalue weighted by molar-refractivity contribution is 6.23. The van der Waals surface area contributed by atoms with Crippen molar-refractivity contribution in [3.63, 3.8) is 0 Å². The molecule has 0 aromatic heterocycles. The Labute approximate surface area is 182 Å². The van der Waals surface area contributed by atoms with Crippen molar-refractivity contribution in [1.29, 1.82) is 0 Å². The molecule has 2 unspecified atom stereocenters. The summed E-state index contributed by atoms with van der Waals surface area (Å²) >= 11 is 0. The maximum atomic E-state index is 13.0. The molecule has 3 aliphatic rings. The topological polar surface area (TPSA) is 143 Å². The Bertz CT molecular complexity index is 1040. The predicted octanol–water partition coefficient (Wildman–Crippen LogP) is -0.0579. The first-order chi connectivity index (χ1) is 15.0. The van der Waals surface area contributed by atoms with Crippen LogP contribution in [0.3, 0.4) is 0 Å². The number of benzene rings is 1. The number of carbonyl (C=O) groups is 6. The second-order valence-electron chi connectivity index (χ2n) is 8.75. The summed E-state index contributed by atoms with van der Waals surface area (Å²) in [6.45, 7) is 4.35. The molecule has 0 aliphatic carbocycles. The molecule has 2 atom stereocenters. The fourth-order valence-corrected chi connectivity index (χ4v) is 3.81. The normalized spacial score (nSPS) is 25.1. The minimum absolute atomic E-state index is 0.0370. The summed E-state index contributed by atoms with van der Waals surface area (Å²) in [6, 6.07) is 4.98. The molecular weight excluding hydrogens is 422 g/mol. The average Bonchev–Trinajstić information content (AvgIpc) is 3.29. The molecule has 1 aromatic carbocycles. The van der Waals surface area contributed by atoms with Crippen molar-refractivity contribution in [2.75, 3.05) is 6.73 Å². The van der Waals surface area contributed by atoms with Crippen molar-refractivity contribution in [3.8, 4) is 0 Å². The number of nitrogens with one attached hydrogen (secondary N) is 1. The fraction of sp³-hybridized carbons (Fsp3) is 0.429. The Hall–Kier alpha value is -3.60. The Morgan fingerprint density at radius 2 is 1.69 bits per heavy atom. The number of carbonyl (C=O) groups excluding carboxylic acids is 6. The largest absolute Gasteiger partial charge is 0.439 e. The molecule has 11 nitrogen and oxygen atoms in total. The van der Waals surface area contributed by atoms with Gasteiger partial charge in [0.05, 0.1) is 11.1 Å². The van der Waals surface area contributed by atoms with Gasteiger partial charge in [0.2, 0.25) is 5.91 Å². The summed E-state index contributed by atoms with van der Waals surface area (Å²) in [5, 5.41) is 2.71. The number of likely N-dealkylation sites (tertiary alicyclic amines) is 1. The van der Waals surface area contributed by atoms with Gasteiger partial charge < -0.3 is 9.47 Å². The molecule has 1 aromatic rings. The van der Waals surface area contributed by atoms with Crippen molar-refractivity contribution < 1.29 is 38.2 Å². The summed E-state index contributed by atoms with van der Waals surface area (Å²) in [5.74, 6) is -4.65. The van der Waals surface area contributed by atoms with Gasteiger partial charge >= 0.3 is 17.7 Å². The van der Waals surface area contributed by atoms with Gasteiger partial charge in [-0.2, -0.15) is 0 Å². The highest BCUT2D eigenvalue weighted by Gasteiger charge is 2.68. The van der Waals surface area contributed by atoms with Crippen LogP contribution in [-0.2, 0) is 28.7 Å². The molecule has 168 valence electrons. The first-order valence-corrected chi connectivity index (χ1v) is 9.97. The van der Waals surface area contributed by atoms with Crippen LogP contribution in [0.2, 0.25) is 0 Å². The first-order valence-electron chi connectivity index (χ1n) is 9.97. The summed E-state index contributed by atoms with van der Waals surface area (Å²) in [5.41, 5.74) is -2.29. The summed E-state index contributed by atoms with van der Waals surface area (Å²) < 4.78 is 9.83. The van der Waals surface area contributed by atoms with Crippen LogP contribution < -0.4 is 5.32 Å². The second-order valence-corrected chi connectivity index (χ2v) is 8.75. The third-order valence-corrected chi connectivity index (χ3v) is 5.28. The number of esters is 1. The number of ether oxygens (including phenoxy) is 2. The number of rotatable bonds is 5. The van der Waals surface area contributed by atoms with Crippen molar-refractivity contribution in [2.24, 2.45) is 0 Å². The number of imide groups is 2. The molecule has 0 radical (unpaired) electrons. The Kier molecular flexibility index (Phi) is 4.88. The van der Waals surface area contributed by atoms with Crippen LogP contribution in [0.5, 0.6) is 0 Å². The molecule has 0 bridgehead atoms. The lowest BCUT2D eigenvalue weighted by atomic mass is 10.0. The third-order valence-electron chi connectivity index (χ3n) is 5.28. The summed E-state index contributed by atoms with van der Waals surface area (Å²) in [7, 11) is 0. The fourth-order valence-electron chi connectivity index (χ4n) is 3.81. The van der Waals surface area contributed by atoms with Gasteiger partial charge in [0.25, 0.3) is 17.7 Å². The lowest BCUT2D eigenvalue weighted by Gasteiger charge is -2.34. The number of hydrogen-bond acceptors (Lipinski definition) is 9. The zero-order chi connectivity index (χ0) is 23.4. The molecule has 4 amide bonds. The van der Waals surface area contributed by atoms with E-state index in [9.17, 15) is 28.8 Å². The van der Waals surface area contributed by atoms with Gasteiger partial charge in [-0.05, 0) is 39.3 Å². The van der Waals surface area contributed by atoms with E-state index in [4.69, 9.17) is 9.47 Å². The van der Waals surface area contributed by atoms with Crippen LogP contribution >= 0.6 is 0 Å². The number of hydrogen-bond donors (Lipinski definition) is 1. The van der Waals surface area contributed by atoms with Crippen molar-refractivity contribution in [1.82, 2.24) is 15.1 Å². The highest BCUT2D eigenvalue weighted by atomic mass is 16.7. The monoisotopic (exact) mass is 443 g/mol. The van der Waals surface area contributed by atoms with Crippen molar-refractivity contribution in [2.45, 2.75) is 50.9 Å². The number of piperidine rings is 1. The van der Waals surface area contributed by atoms with Gasteiger partial charge in [-0.1, -0.05) is 12.1 Å². The van der Waals surface area contributed by atoms with E-state index < -0.39 is 59.6 Å². The van der Waals surface area contributed by atoms with E-state index in [0.29, 0.717) is 4.90 Å². The van der Waals surface area contributed by atoms with Crippen molar-refractivity contribution >= 4 is 35.6 Å². The van der Waals surface area contributed by atoms with Gasteiger partial charge in [0.1, 0.15) is 6.04 Å². The number of nitrogens with zero attached hydrogens (tertiary/aromatic N) is 2. The quantitative estimate of drug-likeness (QED) is 0.287. The molecular formula is C21H21N3O8. The molecule has 0 saturated carbocycles. The number of cyclic esters (lactones) is 1. The van der Waals surface area contributed by atoms with Gasteiger partial charge in [0.15, 0.2) is 6.73 Å². The number of fused-ring (bicyclic) bond motifs is 1. The first kappa shape index (κ1) is 21.6. The molecule has 1 N–H and O–H groups in total. The maximum absolute atomic E-state index is 13.0. The van der Waals surface area contributed by atoms with Crippen molar-refractivity contribution in [3.05, 3.63) is 35.4 Å². The minimum atomic E-state index is -1.98. The summed E-state index contributed by atoms with van der Waals surface area (Å²) in [6.07, 6.45) is -0.174. The molecule has 2 fully saturated rings. The van der Waals surface area contributed by atoms with E-state index in [-0.39, 0.29) is 24.0 Å². The smallest absolute Gasteiger partial charge is 0.381 e. The van der Waals surface area contributed by atoms with Gasteiger partial charge in [-0.25, -0.2) is 14.5 Å². The Morgan fingerprint density at radius 1 is 1.12 bits per heavy atom. The zero-order valence-corrected chi connectivity index (χ0v) is 17.7. The van der Waals surface area contributed by atoms with E-state index in [1.807, 2.05) is 0 Å². The maximum Gasteiger partial charge on any atom is 0.381 e. The summed E-state index contributed by atoms with van der Waals surface area (Å²) in [4.78, 5) is 76.4. The molecule has 2 saturated heterocycles. The molecule has 3 heterocycles. The molecule has 32 heavy (non-hydrogen) atoms. The Morgan fingerprint density at radius 3 is 2.19 bits per heavy atom. The van der Waals surface area contributed by atoms with Gasteiger partial charge in [0, 0.05) is 12.0 Å².